The van der Waals surface area contributed by atoms with E-state index in [0.717, 1.165) is 25.2 Å². The quantitative estimate of drug-likeness (QED) is 0.825. The van der Waals surface area contributed by atoms with E-state index in [1.54, 1.807) is 4.68 Å². The Hall–Kier alpha value is -1.19. The van der Waals surface area contributed by atoms with Crippen molar-refractivity contribution >= 4 is 5.69 Å². The Kier molecular flexibility index (Phi) is 3.61. The summed E-state index contributed by atoms with van der Waals surface area (Å²) in [6.07, 6.45) is 0.945. The van der Waals surface area contributed by atoms with E-state index in [9.17, 15) is 4.79 Å². The van der Waals surface area contributed by atoms with Gasteiger partial charge in [-0.05, 0) is 19.3 Å². The van der Waals surface area contributed by atoms with Gasteiger partial charge >= 0.3 is 0 Å². The van der Waals surface area contributed by atoms with Crippen LogP contribution in [0.2, 0.25) is 0 Å². The highest BCUT2D eigenvalue weighted by Gasteiger charge is 2.18. The summed E-state index contributed by atoms with van der Waals surface area (Å²) in [6, 6.07) is 0. The topological polar surface area (TPSA) is 52.9 Å². The van der Waals surface area contributed by atoms with Crippen molar-refractivity contribution < 1.29 is 0 Å². The summed E-state index contributed by atoms with van der Waals surface area (Å²) in [7, 11) is 0. The van der Waals surface area contributed by atoms with Crippen LogP contribution in [0.4, 0.5) is 5.69 Å². The first-order valence-electron chi connectivity index (χ1n) is 5.63. The standard InChI is InChI=1S/C11H21N3O/c1-5-7-14-11(15)9(12)10(8(3)4)13(14)6-2/h8H,5-7,12H2,1-4H3. The van der Waals surface area contributed by atoms with Gasteiger partial charge in [-0.2, -0.15) is 0 Å². The Morgan fingerprint density at radius 3 is 2.27 bits per heavy atom. The van der Waals surface area contributed by atoms with Crippen LogP contribution in [0.1, 0.15) is 45.7 Å². The van der Waals surface area contributed by atoms with Crippen molar-refractivity contribution in [3.05, 3.63) is 16.0 Å². The Bertz CT molecular complexity index is 387. The maximum Gasteiger partial charge on any atom is 0.290 e. The zero-order valence-electron chi connectivity index (χ0n) is 10.1. The molecule has 0 unspecified atom stereocenters. The number of nitrogen functional groups attached to an aromatic ring is 1. The van der Waals surface area contributed by atoms with E-state index in [0.29, 0.717) is 5.69 Å². The minimum Gasteiger partial charge on any atom is -0.393 e. The zero-order valence-corrected chi connectivity index (χ0v) is 10.1. The summed E-state index contributed by atoms with van der Waals surface area (Å²) >= 11 is 0. The number of rotatable bonds is 4. The van der Waals surface area contributed by atoms with Crippen LogP contribution in [-0.2, 0) is 13.1 Å². The SMILES string of the molecule is CCCn1c(=O)c(N)c(C(C)C)n1CC. The van der Waals surface area contributed by atoms with Crippen LogP contribution in [0.5, 0.6) is 0 Å². The fourth-order valence-electron chi connectivity index (χ4n) is 2.01. The van der Waals surface area contributed by atoms with Crippen molar-refractivity contribution in [3.8, 4) is 0 Å². The predicted molar refractivity (Wildman–Crippen MR) is 63.2 cm³/mol. The second-order valence-electron chi connectivity index (χ2n) is 4.10. The predicted octanol–water partition coefficient (Wildman–Crippen LogP) is 1.79. The zero-order chi connectivity index (χ0) is 11.6. The highest BCUT2D eigenvalue weighted by atomic mass is 16.1. The minimum atomic E-state index is -0.0394. The molecular weight excluding hydrogens is 190 g/mol. The third kappa shape index (κ3) is 1.94. The van der Waals surface area contributed by atoms with Crippen LogP contribution in [-0.4, -0.2) is 9.36 Å². The highest BCUT2D eigenvalue weighted by molar-refractivity contribution is 5.43. The second-order valence-corrected chi connectivity index (χ2v) is 4.10. The molecule has 2 N–H and O–H groups in total. The summed E-state index contributed by atoms with van der Waals surface area (Å²) in [4.78, 5) is 11.9. The number of nitrogens with two attached hydrogens (primary N) is 1. The summed E-state index contributed by atoms with van der Waals surface area (Å²) < 4.78 is 3.76. The van der Waals surface area contributed by atoms with E-state index in [1.807, 2.05) is 11.6 Å². The molecule has 0 amide bonds. The maximum atomic E-state index is 11.9. The van der Waals surface area contributed by atoms with Crippen molar-refractivity contribution in [1.29, 1.82) is 0 Å². The van der Waals surface area contributed by atoms with Crippen LogP contribution in [0.3, 0.4) is 0 Å². The van der Waals surface area contributed by atoms with Gasteiger partial charge in [0.05, 0.1) is 5.69 Å². The average Bonchev–Trinajstić information content (AvgIpc) is 2.42. The molecule has 1 aromatic heterocycles. The molecule has 1 rings (SSSR count). The van der Waals surface area contributed by atoms with Crippen molar-refractivity contribution in [1.82, 2.24) is 9.36 Å². The number of hydrogen-bond donors (Lipinski definition) is 1. The Labute approximate surface area is 90.7 Å². The molecule has 0 saturated carbocycles. The minimum absolute atomic E-state index is 0.0394. The van der Waals surface area contributed by atoms with E-state index in [4.69, 9.17) is 5.73 Å². The summed E-state index contributed by atoms with van der Waals surface area (Å²) in [5.41, 5.74) is 7.20. The lowest BCUT2D eigenvalue weighted by atomic mass is 10.1. The molecule has 86 valence electrons. The van der Waals surface area contributed by atoms with Crippen molar-refractivity contribution in [3.63, 3.8) is 0 Å². The van der Waals surface area contributed by atoms with Crippen LogP contribution >= 0.6 is 0 Å². The Morgan fingerprint density at radius 2 is 1.87 bits per heavy atom. The molecule has 15 heavy (non-hydrogen) atoms. The van der Waals surface area contributed by atoms with Crippen LogP contribution in [0, 0.1) is 0 Å². The number of hydrogen-bond acceptors (Lipinski definition) is 2. The van der Waals surface area contributed by atoms with E-state index in [1.165, 1.54) is 0 Å². The fraction of sp³-hybridized carbons (Fsp3) is 0.727. The molecule has 0 spiro atoms. The fourth-order valence-corrected chi connectivity index (χ4v) is 2.01. The third-order valence-electron chi connectivity index (χ3n) is 2.59. The van der Waals surface area contributed by atoms with E-state index >= 15 is 0 Å². The number of anilines is 1. The Morgan fingerprint density at radius 1 is 1.27 bits per heavy atom. The van der Waals surface area contributed by atoms with Gasteiger partial charge in [0.2, 0.25) is 0 Å². The number of aromatic nitrogens is 2. The lowest BCUT2D eigenvalue weighted by Crippen LogP contribution is -2.23. The molecule has 0 aliphatic carbocycles. The van der Waals surface area contributed by atoms with E-state index in [-0.39, 0.29) is 11.5 Å². The molecule has 0 aliphatic rings. The molecule has 4 nitrogen and oxygen atoms in total. The van der Waals surface area contributed by atoms with Crippen LogP contribution < -0.4 is 11.3 Å². The van der Waals surface area contributed by atoms with Gasteiger partial charge in [-0.1, -0.05) is 20.8 Å². The molecule has 4 heteroatoms. The van der Waals surface area contributed by atoms with Crippen molar-refractivity contribution in [2.24, 2.45) is 0 Å². The first kappa shape index (κ1) is 11.9. The van der Waals surface area contributed by atoms with Crippen molar-refractivity contribution in [2.45, 2.75) is 53.1 Å². The van der Waals surface area contributed by atoms with Gasteiger partial charge in [0.25, 0.3) is 5.56 Å². The lowest BCUT2D eigenvalue weighted by molar-refractivity contribution is 0.435. The average molecular weight is 211 g/mol. The molecule has 0 aliphatic heterocycles. The van der Waals surface area contributed by atoms with Gasteiger partial charge in [0, 0.05) is 13.1 Å². The normalized spacial score (nSPS) is 11.3. The molecule has 0 bridgehead atoms. The molecular formula is C11H21N3O. The molecule has 0 fully saturated rings. The maximum absolute atomic E-state index is 11.9. The molecule has 0 atom stereocenters. The Balaban J connectivity index is 3.40. The first-order chi connectivity index (χ1) is 7.04. The third-order valence-corrected chi connectivity index (χ3v) is 2.59. The van der Waals surface area contributed by atoms with Gasteiger partial charge in [-0.15, -0.1) is 0 Å². The van der Waals surface area contributed by atoms with Gasteiger partial charge < -0.3 is 5.73 Å². The van der Waals surface area contributed by atoms with E-state index < -0.39 is 0 Å². The summed E-state index contributed by atoms with van der Waals surface area (Å²) in [5, 5.41) is 0. The molecule has 0 radical (unpaired) electrons. The highest BCUT2D eigenvalue weighted by Crippen LogP contribution is 2.19. The largest absolute Gasteiger partial charge is 0.393 e. The molecule has 0 aromatic carbocycles. The van der Waals surface area contributed by atoms with E-state index in [2.05, 4.69) is 20.8 Å². The summed E-state index contributed by atoms with van der Waals surface area (Å²) in [5.74, 6) is 0.288. The van der Waals surface area contributed by atoms with Crippen molar-refractivity contribution in [2.75, 3.05) is 5.73 Å². The molecule has 0 saturated heterocycles. The van der Waals surface area contributed by atoms with Gasteiger partial charge in [-0.3, -0.25) is 9.48 Å². The lowest BCUT2D eigenvalue weighted by Gasteiger charge is -2.14. The summed E-state index contributed by atoms with van der Waals surface area (Å²) in [6.45, 7) is 9.76. The number of nitrogens with zero attached hydrogens (tertiary/aromatic N) is 2. The monoisotopic (exact) mass is 211 g/mol. The van der Waals surface area contributed by atoms with Crippen LogP contribution in [0.15, 0.2) is 4.79 Å². The molecule has 1 aromatic rings. The first-order valence-corrected chi connectivity index (χ1v) is 5.63. The smallest absolute Gasteiger partial charge is 0.290 e. The molecule has 1 heterocycles. The van der Waals surface area contributed by atoms with Gasteiger partial charge in [-0.25, -0.2) is 4.68 Å². The van der Waals surface area contributed by atoms with Crippen LogP contribution in [0.25, 0.3) is 0 Å². The van der Waals surface area contributed by atoms with Gasteiger partial charge in [0.1, 0.15) is 5.69 Å². The second kappa shape index (κ2) is 4.55. The van der Waals surface area contributed by atoms with Gasteiger partial charge in [0.15, 0.2) is 0 Å².